The number of nitrogens with one attached hydrogen (secondary N) is 2. The molecule has 1 aliphatic rings. The first kappa shape index (κ1) is 25.4. The summed E-state index contributed by atoms with van der Waals surface area (Å²) in [7, 11) is 1.70. The molecule has 1 fully saturated rings. The van der Waals surface area contributed by atoms with Gasteiger partial charge in [0.25, 0.3) is 0 Å². The number of halogens is 1. The molecule has 0 radical (unpaired) electrons. The minimum atomic E-state index is 0. The summed E-state index contributed by atoms with van der Waals surface area (Å²) in [5.41, 5.74) is 0.0902. The van der Waals surface area contributed by atoms with Gasteiger partial charge in [-0.15, -0.1) is 24.0 Å². The van der Waals surface area contributed by atoms with Crippen LogP contribution in [0, 0.1) is 11.3 Å². The number of hydrogen-bond acceptors (Lipinski definition) is 3. The second-order valence-corrected chi connectivity index (χ2v) is 7.16. The van der Waals surface area contributed by atoms with Crippen LogP contribution in [-0.2, 0) is 4.79 Å². The summed E-state index contributed by atoms with van der Waals surface area (Å²) in [6.45, 7) is 10.2. The van der Waals surface area contributed by atoms with E-state index in [1.165, 1.54) is 0 Å². The number of aliphatic hydroxyl groups excluding tert-OH is 1. The molecule has 0 aromatic heterocycles. The minimum absolute atomic E-state index is 0. The van der Waals surface area contributed by atoms with Gasteiger partial charge in [-0.2, -0.15) is 0 Å². The third kappa shape index (κ3) is 7.98. The molecule has 1 heterocycles. The molecule has 154 valence electrons. The first-order chi connectivity index (χ1) is 12.0. The topological polar surface area (TPSA) is 77.0 Å². The number of aliphatic hydroxyl groups is 1. The van der Waals surface area contributed by atoms with E-state index < -0.39 is 0 Å². The molecule has 0 bridgehead atoms. The Morgan fingerprint density at radius 2 is 1.85 bits per heavy atom. The maximum Gasteiger partial charge on any atom is 0.220 e. The average molecular weight is 482 g/mol. The van der Waals surface area contributed by atoms with E-state index in [1.807, 2.05) is 0 Å². The molecule has 0 atom stereocenters. The number of aliphatic imine (C=N–C) groups is 1. The fourth-order valence-electron chi connectivity index (χ4n) is 3.52. The molecule has 1 aliphatic heterocycles. The predicted octanol–water partition coefficient (Wildman–Crippen LogP) is 2.61. The summed E-state index contributed by atoms with van der Waals surface area (Å²) in [5, 5.41) is 15.5. The van der Waals surface area contributed by atoms with Crippen LogP contribution in [0.2, 0.25) is 0 Å². The van der Waals surface area contributed by atoms with Gasteiger partial charge in [0, 0.05) is 46.3 Å². The maximum atomic E-state index is 11.6. The molecule has 0 unspecified atom stereocenters. The summed E-state index contributed by atoms with van der Waals surface area (Å²) in [6, 6.07) is 0. The van der Waals surface area contributed by atoms with Gasteiger partial charge < -0.3 is 20.6 Å². The first-order valence-electron chi connectivity index (χ1n) is 9.88. The molecule has 0 saturated carbocycles. The van der Waals surface area contributed by atoms with Crippen LogP contribution in [0.1, 0.15) is 59.3 Å². The zero-order chi connectivity index (χ0) is 18.7. The van der Waals surface area contributed by atoms with Crippen LogP contribution in [0.5, 0.6) is 0 Å². The predicted molar refractivity (Wildman–Crippen MR) is 119 cm³/mol. The molecule has 3 N–H and O–H groups in total. The summed E-state index contributed by atoms with van der Waals surface area (Å²) in [4.78, 5) is 18.8. The Morgan fingerprint density at radius 1 is 1.23 bits per heavy atom. The van der Waals surface area contributed by atoms with Crippen molar-refractivity contribution in [2.24, 2.45) is 16.3 Å². The molecular weight excluding hydrogens is 443 g/mol. The van der Waals surface area contributed by atoms with Crippen molar-refractivity contribution in [2.45, 2.75) is 59.3 Å². The van der Waals surface area contributed by atoms with Crippen LogP contribution in [0.25, 0.3) is 0 Å². The standard InChI is InChI=1S/C19H38N4O2.HI/c1-5-19(6-2,10-13-24)15-22-18(21-7-3)23-11-8-16(9-12-23)14-17(25)20-4;/h16,24H,5-15H2,1-4H3,(H,20,25)(H,21,22);1H. The Morgan fingerprint density at radius 3 is 2.31 bits per heavy atom. The van der Waals surface area contributed by atoms with Gasteiger partial charge in [-0.25, -0.2) is 0 Å². The number of hydrogen-bond donors (Lipinski definition) is 3. The van der Waals surface area contributed by atoms with E-state index >= 15 is 0 Å². The summed E-state index contributed by atoms with van der Waals surface area (Å²) >= 11 is 0. The number of nitrogens with zero attached hydrogens (tertiary/aromatic N) is 2. The van der Waals surface area contributed by atoms with E-state index in [0.717, 1.165) is 64.2 Å². The van der Waals surface area contributed by atoms with Crippen molar-refractivity contribution in [1.29, 1.82) is 0 Å². The Balaban J connectivity index is 0.00000625. The Hall–Kier alpha value is -0.570. The van der Waals surface area contributed by atoms with E-state index in [0.29, 0.717) is 12.3 Å². The number of carbonyl (C=O) groups is 1. The van der Waals surface area contributed by atoms with Crippen LogP contribution in [0.3, 0.4) is 0 Å². The quantitative estimate of drug-likeness (QED) is 0.268. The normalized spacial score (nSPS) is 16.2. The number of likely N-dealkylation sites (tertiary alicyclic amines) is 1. The summed E-state index contributed by atoms with van der Waals surface area (Å²) in [6.07, 6.45) is 5.55. The van der Waals surface area contributed by atoms with Crippen LogP contribution < -0.4 is 10.6 Å². The maximum absolute atomic E-state index is 11.6. The van der Waals surface area contributed by atoms with Gasteiger partial charge >= 0.3 is 0 Å². The van der Waals surface area contributed by atoms with Crippen LogP contribution >= 0.6 is 24.0 Å². The molecule has 0 aromatic carbocycles. The second kappa shape index (κ2) is 13.6. The van der Waals surface area contributed by atoms with Gasteiger partial charge in [0.1, 0.15) is 0 Å². The molecule has 26 heavy (non-hydrogen) atoms. The molecule has 7 heteroatoms. The fourth-order valence-corrected chi connectivity index (χ4v) is 3.52. The van der Waals surface area contributed by atoms with Gasteiger partial charge in [0.05, 0.1) is 0 Å². The highest BCUT2D eigenvalue weighted by Gasteiger charge is 2.27. The SMILES string of the molecule is CCNC(=NCC(CC)(CC)CCO)N1CCC(CC(=O)NC)CC1.I. The molecule has 0 aromatic rings. The van der Waals surface area contributed by atoms with Gasteiger partial charge in [-0.1, -0.05) is 13.8 Å². The monoisotopic (exact) mass is 482 g/mol. The molecule has 1 amide bonds. The van der Waals surface area contributed by atoms with Gasteiger partial charge in [0.15, 0.2) is 5.96 Å². The van der Waals surface area contributed by atoms with Gasteiger partial charge in [-0.3, -0.25) is 9.79 Å². The lowest BCUT2D eigenvalue weighted by molar-refractivity contribution is -0.121. The third-order valence-electron chi connectivity index (χ3n) is 5.71. The number of amides is 1. The van der Waals surface area contributed by atoms with Crippen molar-refractivity contribution in [1.82, 2.24) is 15.5 Å². The third-order valence-corrected chi connectivity index (χ3v) is 5.71. The fraction of sp³-hybridized carbons (Fsp3) is 0.895. The highest BCUT2D eigenvalue weighted by Crippen LogP contribution is 2.31. The molecule has 1 saturated heterocycles. The average Bonchev–Trinajstić information content (AvgIpc) is 2.64. The highest BCUT2D eigenvalue weighted by atomic mass is 127. The first-order valence-corrected chi connectivity index (χ1v) is 9.88. The Bertz CT molecular complexity index is 420. The number of piperidine rings is 1. The lowest BCUT2D eigenvalue weighted by Gasteiger charge is -2.35. The zero-order valence-electron chi connectivity index (χ0n) is 17.0. The van der Waals surface area contributed by atoms with Crippen LogP contribution in [0.15, 0.2) is 4.99 Å². The van der Waals surface area contributed by atoms with E-state index in [9.17, 15) is 9.90 Å². The minimum Gasteiger partial charge on any atom is -0.396 e. The summed E-state index contributed by atoms with van der Waals surface area (Å²) < 4.78 is 0. The Labute approximate surface area is 176 Å². The van der Waals surface area contributed by atoms with E-state index in [1.54, 1.807) is 7.05 Å². The highest BCUT2D eigenvalue weighted by molar-refractivity contribution is 14.0. The van der Waals surface area contributed by atoms with Crippen molar-refractivity contribution in [2.75, 3.05) is 39.8 Å². The molecule has 1 rings (SSSR count). The molecule has 0 spiro atoms. The lowest BCUT2D eigenvalue weighted by Crippen LogP contribution is -2.46. The zero-order valence-corrected chi connectivity index (χ0v) is 19.3. The van der Waals surface area contributed by atoms with Crippen LogP contribution in [-0.4, -0.2) is 61.7 Å². The summed E-state index contributed by atoms with van der Waals surface area (Å²) in [5.74, 6) is 1.59. The number of rotatable bonds is 9. The second-order valence-electron chi connectivity index (χ2n) is 7.16. The largest absolute Gasteiger partial charge is 0.396 e. The molecule has 0 aliphatic carbocycles. The van der Waals surface area contributed by atoms with Gasteiger partial charge in [-0.05, 0) is 50.4 Å². The van der Waals surface area contributed by atoms with Crippen LogP contribution in [0.4, 0.5) is 0 Å². The van der Waals surface area contributed by atoms with E-state index in [2.05, 4.69) is 36.3 Å². The van der Waals surface area contributed by atoms with E-state index in [-0.39, 0.29) is 41.9 Å². The number of guanidine groups is 1. The van der Waals surface area contributed by atoms with Gasteiger partial charge in [0.2, 0.25) is 5.91 Å². The van der Waals surface area contributed by atoms with Crippen molar-refractivity contribution in [3.63, 3.8) is 0 Å². The number of carbonyl (C=O) groups excluding carboxylic acids is 1. The van der Waals surface area contributed by atoms with Crippen molar-refractivity contribution in [3.8, 4) is 0 Å². The smallest absolute Gasteiger partial charge is 0.220 e. The molecule has 6 nitrogen and oxygen atoms in total. The lowest BCUT2D eigenvalue weighted by atomic mass is 9.79. The van der Waals surface area contributed by atoms with Crippen molar-refractivity contribution < 1.29 is 9.90 Å². The van der Waals surface area contributed by atoms with E-state index in [4.69, 9.17) is 4.99 Å². The molecular formula is C19H39IN4O2. The van der Waals surface area contributed by atoms with Crippen molar-refractivity contribution in [3.05, 3.63) is 0 Å². The van der Waals surface area contributed by atoms with Crippen molar-refractivity contribution >= 4 is 35.8 Å². The Kier molecular flexibility index (Phi) is 13.3.